The van der Waals surface area contributed by atoms with Crippen molar-refractivity contribution in [2.24, 2.45) is 16.2 Å². The Labute approximate surface area is 316 Å². The van der Waals surface area contributed by atoms with Crippen LogP contribution in [0.4, 0.5) is 10.5 Å². The Morgan fingerprint density at radius 3 is 1.82 bits per heavy atom. The Kier molecular flexibility index (Phi) is 24.3. The zero-order chi connectivity index (χ0) is 38.2. The predicted octanol–water partition coefficient (Wildman–Crippen LogP) is 10.6. The molecule has 0 heterocycles. The SMILES string of the molecule is CC(C)(C)CC(OCCCNC(=O)Nc1ccc(C(=O)c2ccccc2)cc1)C(C)(C)C.CCCCNC(=O)CC.C[CH2][Sn][CH2]CC(C)(C)C. The summed E-state index contributed by atoms with van der Waals surface area (Å²) in [6, 6.07) is 15.8. The van der Waals surface area contributed by atoms with E-state index in [0.29, 0.717) is 41.8 Å². The molecular weight excluding hydrogens is 729 g/mol. The molecule has 0 saturated heterocycles. The standard InChI is InChI=1S/C27H38N2O3.C7H15NO.C6H13.C2H5.Sn/c1-26(2,3)19-23(27(4,5)6)32-18-10-17-28-25(31)29-22-15-13-21(14-16-22)24(30)20-11-8-7-9-12-20;1-3-5-6-8-7(9)4-2;1-5-6(2,3)4;1-2;/h7-9,11-16,23H,10,17-19H2,1-6H3,(H2,28,29,31);3-6H2,1-2H3,(H,8,9);1,5H2,2-4H3;1H2,2H3;. The van der Waals surface area contributed by atoms with Gasteiger partial charge >= 0.3 is 75.6 Å². The summed E-state index contributed by atoms with van der Waals surface area (Å²) in [6.07, 6.45) is 6.20. The van der Waals surface area contributed by atoms with Gasteiger partial charge in [-0.25, -0.2) is 4.79 Å². The minimum atomic E-state index is -0.269. The minimum absolute atomic E-state index is 0.0402. The number of hydrogen-bond donors (Lipinski definition) is 3. The summed E-state index contributed by atoms with van der Waals surface area (Å²) in [7, 11) is 0. The van der Waals surface area contributed by atoms with Crippen molar-refractivity contribution in [2.75, 3.05) is 25.0 Å². The van der Waals surface area contributed by atoms with Crippen LogP contribution >= 0.6 is 0 Å². The van der Waals surface area contributed by atoms with E-state index in [1.165, 1.54) is 10.9 Å². The predicted molar refractivity (Wildman–Crippen MR) is 215 cm³/mol. The van der Waals surface area contributed by atoms with Gasteiger partial charge in [-0.1, -0.05) is 92.1 Å². The number of unbranched alkanes of at least 4 members (excludes halogenated alkanes) is 1. The van der Waals surface area contributed by atoms with Gasteiger partial charge in [-0.2, -0.15) is 0 Å². The van der Waals surface area contributed by atoms with Crippen molar-refractivity contribution in [2.45, 2.75) is 137 Å². The van der Waals surface area contributed by atoms with Gasteiger partial charge in [-0.05, 0) is 54.4 Å². The van der Waals surface area contributed by atoms with Gasteiger partial charge in [0.2, 0.25) is 5.91 Å². The molecule has 2 aromatic carbocycles. The number of carbonyl (C=O) groups is 3. The van der Waals surface area contributed by atoms with Crippen LogP contribution in [0.3, 0.4) is 0 Å². The van der Waals surface area contributed by atoms with E-state index in [9.17, 15) is 14.4 Å². The molecule has 0 aliphatic carbocycles. The first-order valence-electron chi connectivity index (χ1n) is 18.7. The van der Waals surface area contributed by atoms with Gasteiger partial charge in [0.05, 0.1) is 6.10 Å². The van der Waals surface area contributed by atoms with Crippen LogP contribution in [0.1, 0.15) is 138 Å². The number of ether oxygens (including phenoxy) is 1. The second-order valence-electron chi connectivity index (χ2n) is 16.2. The number of amides is 3. The van der Waals surface area contributed by atoms with Gasteiger partial charge in [0.1, 0.15) is 0 Å². The third-order valence-electron chi connectivity index (χ3n) is 7.61. The first-order valence-corrected chi connectivity index (χ1v) is 22.7. The molecule has 2 aromatic rings. The van der Waals surface area contributed by atoms with Crippen LogP contribution < -0.4 is 16.0 Å². The summed E-state index contributed by atoms with van der Waals surface area (Å²) in [5.41, 5.74) is 2.74. The fourth-order valence-corrected chi connectivity index (χ4v) is 8.13. The molecule has 282 valence electrons. The third-order valence-corrected chi connectivity index (χ3v) is 10.8. The summed E-state index contributed by atoms with van der Waals surface area (Å²) in [4.78, 5) is 35.2. The summed E-state index contributed by atoms with van der Waals surface area (Å²) in [5, 5.41) is 8.45. The van der Waals surface area contributed by atoms with Crippen molar-refractivity contribution in [3.63, 3.8) is 0 Å². The van der Waals surface area contributed by atoms with Crippen LogP contribution in [0, 0.1) is 16.2 Å². The Hall–Kier alpha value is -2.39. The van der Waals surface area contributed by atoms with Crippen LogP contribution in [-0.4, -0.2) is 64.7 Å². The summed E-state index contributed by atoms with van der Waals surface area (Å²) < 4.78 is 9.24. The number of urea groups is 1. The van der Waals surface area contributed by atoms with E-state index in [-0.39, 0.29) is 55.8 Å². The molecule has 50 heavy (non-hydrogen) atoms. The quantitative estimate of drug-likeness (QED) is 0.0895. The Bertz CT molecular complexity index is 1200. The fraction of sp³-hybridized carbons (Fsp3) is 0.643. The van der Waals surface area contributed by atoms with Crippen LogP contribution in [0.15, 0.2) is 54.6 Å². The summed E-state index contributed by atoms with van der Waals surface area (Å²) in [6.45, 7) is 28.6. The second kappa shape index (κ2) is 25.5. The first-order chi connectivity index (χ1) is 23.3. The topological polar surface area (TPSA) is 96.5 Å². The zero-order valence-electron chi connectivity index (χ0n) is 33.7. The van der Waals surface area contributed by atoms with Crippen molar-refractivity contribution in [3.05, 3.63) is 65.7 Å². The molecule has 0 fully saturated rings. The average Bonchev–Trinajstić information content (AvgIpc) is 3.03. The molecule has 3 amide bonds. The normalized spacial score (nSPS) is 12.0. The monoisotopic (exact) mass is 801 g/mol. The second-order valence-corrected chi connectivity index (χ2v) is 21.1. The number of nitrogens with one attached hydrogen (secondary N) is 3. The fourth-order valence-electron chi connectivity index (χ4n) is 4.48. The van der Waals surface area contributed by atoms with E-state index >= 15 is 0 Å². The van der Waals surface area contributed by atoms with Gasteiger partial charge in [0.15, 0.2) is 5.78 Å². The molecule has 0 aliphatic heterocycles. The van der Waals surface area contributed by atoms with Crippen LogP contribution in [0.25, 0.3) is 0 Å². The van der Waals surface area contributed by atoms with Crippen molar-refractivity contribution in [3.8, 4) is 0 Å². The molecule has 0 saturated carbocycles. The number of benzene rings is 2. The van der Waals surface area contributed by atoms with E-state index < -0.39 is 0 Å². The Morgan fingerprint density at radius 2 is 1.32 bits per heavy atom. The molecule has 0 aromatic heterocycles. The van der Waals surface area contributed by atoms with E-state index in [1.54, 1.807) is 40.8 Å². The Morgan fingerprint density at radius 1 is 0.740 bits per heavy atom. The molecule has 1 unspecified atom stereocenters. The molecule has 7 nitrogen and oxygen atoms in total. The number of anilines is 1. The van der Waals surface area contributed by atoms with E-state index in [4.69, 9.17) is 4.74 Å². The van der Waals surface area contributed by atoms with E-state index in [2.05, 4.69) is 92.1 Å². The van der Waals surface area contributed by atoms with Crippen molar-refractivity contribution in [1.82, 2.24) is 10.6 Å². The maximum absolute atomic E-state index is 12.5. The summed E-state index contributed by atoms with van der Waals surface area (Å²) in [5.74, 6) is 0.116. The molecule has 0 spiro atoms. The van der Waals surface area contributed by atoms with Gasteiger partial charge in [-0.15, -0.1) is 0 Å². The molecule has 0 aliphatic rings. The maximum atomic E-state index is 12.5. The summed E-state index contributed by atoms with van der Waals surface area (Å²) >= 11 is 0.105. The van der Waals surface area contributed by atoms with E-state index in [0.717, 1.165) is 32.2 Å². The van der Waals surface area contributed by atoms with Crippen molar-refractivity contribution < 1.29 is 19.1 Å². The van der Waals surface area contributed by atoms with Gasteiger partial charge < -0.3 is 20.7 Å². The molecular formula is C42H71N3O4Sn. The number of hydrogen-bond acceptors (Lipinski definition) is 4. The number of rotatable bonds is 16. The molecule has 8 heteroatoms. The van der Waals surface area contributed by atoms with Gasteiger partial charge in [-0.3, -0.25) is 9.59 Å². The third kappa shape index (κ3) is 25.5. The molecule has 2 radical (unpaired) electrons. The van der Waals surface area contributed by atoms with Crippen LogP contribution in [-0.2, 0) is 9.53 Å². The zero-order valence-corrected chi connectivity index (χ0v) is 36.5. The van der Waals surface area contributed by atoms with Crippen molar-refractivity contribution >= 4 is 44.6 Å². The molecule has 3 N–H and O–H groups in total. The molecule has 1 atom stereocenters. The number of carbonyl (C=O) groups excluding carboxylic acids is 3. The average molecular weight is 801 g/mol. The van der Waals surface area contributed by atoms with E-state index in [1.807, 2.05) is 25.1 Å². The Balaban J connectivity index is 0.00000109. The molecule has 0 bridgehead atoms. The van der Waals surface area contributed by atoms with Crippen LogP contribution in [0.2, 0.25) is 8.87 Å². The van der Waals surface area contributed by atoms with Crippen molar-refractivity contribution in [1.29, 1.82) is 0 Å². The number of ketones is 1. The molecule has 2 rings (SSSR count). The first kappa shape index (κ1) is 47.6. The van der Waals surface area contributed by atoms with Gasteiger partial charge in [0.25, 0.3) is 0 Å². The van der Waals surface area contributed by atoms with Crippen LogP contribution in [0.5, 0.6) is 0 Å². The van der Waals surface area contributed by atoms with Gasteiger partial charge in [0, 0.05) is 42.9 Å².